The van der Waals surface area contributed by atoms with Gasteiger partial charge in [-0.3, -0.25) is 0 Å². The second-order valence-electron chi connectivity index (χ2n) is 2.73. The minimum atomic E-state index is -0.476. The molecule has 6 nitrogen and oxygen atoms in total. The summed E-state index contributed by atoms with van der Waals surface area (Å²) in [6.45, 7) is 0.207. The molecule has 1 amide bonds. The van der Waals surface area contributed by atoms with Gasteiger partial charge in [0, 0.05) is 19.4 Å². The predicted molar refractivity (Wildman–Crippen MR) is 48.5 cm³/mol. The van der Waals surface area contributed by atoms with Gasteiger partial charge in [0.25, 0.3) is 0 Å². The summed E-state index contributed by atoms with van der Waals surface area (Å²) in [7, 11) is 1.60. The largest absolute Gasteiger partial charge is 0.447 e. The summed E-state index contributed by atoms with van der Waals surface area (Å²) in [6.07, 6.45) is 2.82. The zero-order valence-corrected chi connectivity index (χ0v) is 7.93. The SMILES string of the molecule is CN(Cc1ncc[nH]1)C(=O)OCCO. The highest BCUT2D eigenvalue weighted by Gasteiger charge is 2.10. The molecule has 0 aliphatic carbocycles. The second-order valence-corrected chi connectivity index (χ2v) is 2.73. The van der Waals surface area contributed by atoms with Crippen molar-refractivity contribution in [1.29, 1.82) is 0 Å². The average Bonchev–Trinajstić information content (AvgIpc) is 2.66. The number of nitrogens with one attached hydrogen (secondary N) is 1. The van der Waals surface area contributed by atoms with Crippen LogP contribution in [0.3, 0.4) is 0 Å². The maximum atomic E-state index is 11.2. The molecule has 0 saturated carbocycles. The molecule has 6 heteroatoms. The summed E-state index contributed by atoms with van der Waals surface area (Å²) in [4.78, 5) is 19.4. The first kappa shape index (κ1) is 10.5. The number of imidazole rings is 1. The van der Waals surface area contributed by atoms with Gasteiger partial charge in [-0.25, -0.2) is 9.78 Å². The molecule has 0 radical (unpaired) electrons. The highest BCUT2D eigenvalue weighted by atomic mass is 16.6. The standard InChI is InChI=1S/C8H13N3O3/c1-11(8(13)14-5-4-12)6-7-9-2-3-10-7/h2-3,12H,4-6H2,1H3,(H,9,10). The number of ether oxygens (including phenoxy) is 1. The number of carbonyl (C=O) groups is 1. The molecular weight excluding hydrogens is 186 g/mol. The summed E-state index contributed by atoms with van der Waals surface area (Å²) >= 11 is 0. The highest BCUT2D eigenvalue weighted by molar-refractivity contribution is 5.67. The maximum absolute atomic E-state index is 11.2. The fraction of sp³-hybridized carbons (Fsp3) is 0.500. The third-order valence-corrected chi connectivity index (χ3v) is 1.57. The van der Waals surface area contributed by atoms with Gasteiger partial charge in [0.05, 0.1) is 13.2 Å². The lowest BCUT2D eigenvalue weighted by molar-refractivity contribution is 0.0888. The summed E-state index contributed by atoms with van der Waals surface area (Å²) < 4.78 is 4.70. The molecule has 1 aromatic heterocycles. The lowest BCUT2D eigenvalue weighted by Crippen LogP contribution is -2.28. The Morgan fingerprint density at radius 3 is 3.14 bits per heavy atom. The van der Waals surface area contributed by atoms with Crippen molar-refractivity contribution in [2.75, 3.05) is 20.3 Å². The molecule has 0 saturated heterocycles. The van der Waals surface area contributed by atoms with Crippen LogP contribution in [0.5, 0.6) is 0 Å². The fourth-order valence-corrected chi connectivity index (χ4v) is 0.917. The molecule has 1 rings (SSSR count). The number of carbonyl (C=O) groups excluding carboxylic acids is 1. The third-order valence-electron chi connectivity index (χ3n) is 1.57. The van der Waals surface area contributed by atoms with Crippen molar-refractivity contribution in [2.24, 2.45) is 0 Å². The zero-order chi connectivity index (χ0) is 10.4. The van der Waals surface area contributed by atoms with Crippen molar-refractivity contribution in [1.82, 2.24) is 14.9 Å². The van der Waals surface area contributed by atoms with Crippen LogP contribution >= 0.6 is 0 Å². The Bertz CT molecular complexity index is 273. The third kappa shape index (κ3) is 3.06. The van der Waals surface area contributed by atoms with Crippen LogP contribution in [0.4, 0.5) is 4.79 Å². The molecule has 0 aliphatic heterocycles. The van der Waals surface area contributed by atoms with Gasteiger partial charge >= 0.3 is 6.09 Å². The van der Waals surface area contributed by atoms with Crippen molar-refractivity contribution in [3.63, 3.8) is 0 Å². The molecule has 14 heavy (non-hydrogen) atoms. The summed E-state index contributed by atoms with van der Waals surface area (Å²) in [5.74, 6) is 0.688. The first-order chi connectivity index (χ1) is 6.74. The molecule has 0 aliphatic rings. The molecular formula is C8H13N3O3. The lowest BCUT2D eigenvalue weighted by atomic mass is 10.5. The molecule has 0 aromatic carbocycles. The van der Waals surface area contributed by atoms with E-state index in [4.69, 9.17) is 9.84 Å². The van der Waals surface area contributed by atoms with Gasteiger partial charge in [0.15, 0.2) is 0 Å². The first-order valence-electron chi connectivity index (χ1n) is 4.21. The van der Waals surface area contributed by atoms with Crippen LogP contribution in [0.2, 0.25) is 0 Å². The van der Waals surface area contributed by atoms with Crippen LogP contribution in [0.1, 0.15) is 5.82 Å². The minimum absolute atomic E-state index is 0.0152. The van der Waals surface area contributed by atoms with Gasteiger partial charge in [-0.2, -0.15) is 0 Å². The lowest BCUT2D eigenvalue weighted by Gasteiger charge is -2.14. The molecule has 1 aromatic rings. The number of rotatable bonds is 4. The van der Waals surface area contributed by atoms with E-state index in [1.807, 2.05) is 0 Å². The number of hydrogen-bond acceptors (Lipinski definition) is 4. The van der Waals surface area contributed by atoms with Crippen molar-refractivity contribution >= 4 is 6.09 Å². The van der Waals surface area contributed by atoms with E-state index in [2.05, 4.69) is 9.97 Å². The quantitative estimate of drug-likeness (QED) is 0.713. The number of nitrogens with zero attached hydrogens (tertiary/aromatic N) is 2. The Morgan fingerprint density at radius 1 is 1.79 bits per heavy atom. The smallest absolute Gasteiger partial charge is 0.409 e. The number of aliphatic hydroxyl groups excluding tert-OH is 1. The maximum Gasteiger partial charge on any atom is 0.409 e. The van der Waals surface area contributed by atoms with Crippen LogP contribution in [-0.4, -0.2) is 46.3 Å². The number of aromatic nitrogens is 2. The van der Waals surface area contributed by atoms with E-state index in [-0.39, 0.29) is 13.2 Å². The molecule has 0 spiro atoms. The van der Waals surface area contributed by atoms with E-state index in [9.17, 15) is 4.79 Å². The molecule has 0 atom stereocenters. The van der Waals surface area contributed by atoms with Crippen LogP contribution in [0.15, 0.2) is 12.4 Å². The van der Waals surface area contributed by atoms with Crippen LogP contribution in [0.25, 0.3) is 0 Å². The molecule has 0 bridgehead atoms. The summed E-state index contributed by atoms with van der Waals surface area (Å²) in [5.41, 5.74) is 0. The van der Waals surface area contributed by atoms with Crippen molar-refractivity contribution < 1.29 is 14.6 Å². The Kier molecular flexibility index (Phi) is 3.93. The van der Waals surface area contributed by atoms with Gasteiger partial charge in [-0.15, -0.1) is 0 Å². The van der Waals surface area contributed by atoms with E-state index in [0.29, 0.717) is 12.4 Å². The minimum Gasteiger partial charge on any atom is -0.447 e. The Hall–Kier alpha value is -1.56. The van der Waals surface area contributed by atoms with Crippen molar-refractivity contribution in [2.45, 2.75) is 6.54 Å². The number of aliphatic hydroxyl groups is 1. The van der Waals surface area contributed by atoms with Crippen molar-refractivity contribution in [3.05, 3.63) is 18.2 Å². The molecule has 2 N–H and O–H groups in total. The van der Waals surface area contributed by atoms with E-state index in [0.717, 1.165) is 0 Å². The molecule has 0 fully saturated rings. The predicted octanol–water partition coefficient (Wildman–Crippen LogP) is -0.0296. The van der Waals surface area contributed by atoms with Gasteiger partial charge in [0.1, 0.15) is 12.4 Å². The highest BCUT2D eigenvalue weighted by Crippen LogP contribution is 1.97. The van der Waals surface area contributed by atoms with E-state index in [1.54, 1.807) is 19.4 Å². The topological polar surface area (TPSA) is 78.5 Å². The average molecular weight is 199 g/mol. The number of amides is 1. The Labute approximate surface area is 81.5 Å². The fourth-order valence-electron chi connectivity index (χ4n) is 0.917. The van der Waals surface area contributed by atoms with Crippen LogP contribution < -0.4 is 0 Å². The van der Waals surface area contributed by atoms with Gasteiger partial charge in [-0.05, 0) is 0 Å². The number of aromatic amines is 1. The molecule has 1 heterocycles. The van der Waals surface area contributed by atoms with Crippen molar-refractivity contribution in [3.8, 4) is 0 Å². The normalized spacial score (nSPS) is 9.86. The number of hydrogen-bond donors (Lipinski definition) is 2. The van der Waals surface area contributed by atoms with E-state index >= 15 is 0 Å². The summed E-state index contributed by atoms with van der Waals surface area (Å²) in [6, 6.07) is 0. The second kappa shape index (κ2) is 5.23. The summed E-state index contributed by atoms with van der Waals surface area (Å²) in [5, 5.41) is 8.44. The Balaban J connectivity index is 2.34. The van der Waals surface area contributed by atoms with E-state index in [1.165, 1.54) is 4.90 Å². The Morgan fingerprint density at radius 2 is 2.57 bits per heavy atom. The first-order valence-corrected chi connectivity index (χ1v) is 4.21. The van der Waals surface area contributed by atoms with Crippen LogP contribution in [0, 0.1) is 0 Å². The zero-order valence-electron chi connectivity index (χ0n) is 7.93. The molecule has 78 valence electrons. The van der Waals surface area contributed by atoms with E-state index < -0.39 is 6.09 Å². The van der Waals surface area contributed by atoms with Gasteiger partial charge < -0.3 is 19.7 Å². The monoisotopic (exact) mass is 199 g/mol. The van der Waals surface area contributed by atoms with Crippen LogP contribution in [-0.2, 0) is 11.3 Å². The van der Waals surface area contributed by atoms with Gasteiger partial charge in [-0.1, -0.05) is 0 Å². The number of H-pyrrole nitrogens is 1. The van der Waals surface area contributed by atoms with Gasteiger partial charge in [0.2, 0.25) is 0 Å². The molecule has 0 unspecified atom stereocenters.